The van der Waals surface area contributed by atoms with Gasteiger partial charge in [0.25, 0.3) is 0 Å². The minimum Gasteiger partial charge on any atom is -0.400 e. The Balaban J connectivity index is 0.000000686. The van der Waals surface area contributed by atoms with Crippen molar-refractivity contribution < 1.29 is 5.11 Å². The number of aryl methyl sites for hydroxylation is 2. The number of hydrogen-bond acceptors (Lipinski definition) is 4. The molecule has 5 heteroatoms. The minimum atomic E-state index is 0.940. The number of nitrogens with one attached hydrogen (secondary N) is 1. The van der Waals surface area contributed by atoms with E-state index < -0.39 is 0 Å². The number of amidine groups is 1. The van der Waals surface area contributed by atoms with Crippen molar-refractivity contribution in [3.8, 4) is 0 Å². The van der Waals surface area contributed by atoms with Crippen molar-refractivity contribution in [1.29, 1.82) is 0 Å². The summed E-state index contributed by atoms with van der Waals surface area (Å²) in [5.74, 6) is 1.10. The molecule has 0 bridgehead atoms. The molecule has 94 valence electrons. The zero-order valence-electron chi connectivity index (χ0n) is 10.2. The molecular formula is C12H17IN2OS. The Bertz CT molecular complexity index is 398. The Hall–Kier alpha value is -0.270. The summed E-state index contributed by atoms with van der Waals surface area (Å²) in [7, 11) is 1.00. The first-order valence-corrected chi connectivity index (χ1v) is 7.39. The van der Waals surface area contributed by atoms with Gasteiger partial charge in [-0.3, -0.25) is 4.99 Å². The Kier molecular flexibility index (Phi) is 6.29. The molecule has 0 unspecified atom stereocenters. The van der Waals surface area contributed by atoms with Crippen molar-refractivity contribution in [2.75, 3.05) is 24.7 Å². The lowest BCUT2D eigenvalue weighted by atomic mass is 10.1. The van der Waals surface area contributed by atoms with Gasteiger partial charge in [0, 0.05) is 22.1 Å². The van der Waals surface area contributed by atoms with E-state index in [9.17, 15) is 0 Å². The monoisotopic (exact) mass is 364 g/mol. The molecule has 1 aromatic rings. The number of anilines is 1. The summed E-state index contributed by atoms with van der Waals surface area (Å²) >= 11 is 4.14. The second kappa shape index (κ2) is 7.23. The van der Waals surface area contributed by atoms with Gasteiger partial charge in [-0.1, -0.05) is 11.8 Å². The maximum absolute atomic E-state index is 7.00. The summed E-state index contributed by atoms with van der Waals surface area (Å²) in [6, 6.07) is 4.38. The first-order valence-electron chi connectivity index (χ1n) is 5.32. The van der Waals surface area contributed by atoms with E-state index in [0.29, 0.717) is 0 Å². The molecule has 1 aliphatic heterocycles. The highest BCUT2D eigenvalue weighted by Crippen LogP contribution is 2.25. The van der Waals surface area contributed by atoms with Crippen LogP contribution in [-0.2, 0) is 0 Å². The van der Waals surface area contributed by atoms with Crippen molar-refractivity contribution >= 4 is 45.2 Å². The molecule has 1 aromatic carbocycles. The normalized spacial score (nSPS) is 13.8. The van der Waals surface area contributed by atoms with Gasteiger partial charge in [-0.15, -0.1) is 0 Å². The lowest BCUT2D eigenvalue weighted by Gasteiger charge is -2.12. The van der Waals surface area contributed by atoms with Gasteiger partial charge in [0.05, 0.1) is 6.54 Å². The van der Waals surface area contributed by atoms with Crippen LogP contribution in [0.4, 0.5) is 5.69 Å². The van der Waals surface area contributed by atoms with Crippen LogP contribution in [0.1, 0.15) is 11.1 Å². The molecule has 0 spiro atoms. The molecule has 2 N–H and O–H groups in total. The lowest BCUT2D eigenvalue weighted by molar-refractivity contribution is 0.399. The fraction of sp³-hybridized carbons (Fsp3) is 0.417. The van der Waals surface area contributed by atoms with Crippen molar-refractivity contribution in [1.82, 2.24) is 0 Å². The van der Waals surface area contributed by atoms with Gasteiger partial charge in [0.15, 0.2) is 5.17 Å². The average molecular weight is 364 g/mol. The Morgan fingerprint density at radius 2 is 1.88 bits per heavy atom. The summed E-state index contributed by atoms with van der Waals surface area (Å²) in [5, 5.41) is 11.5. The summed E-state index contributed by atoms with van der Waals surface area (Å²) < 4.78 is 1.29. The zero-order chi connectivity index (χ0) is 12.8. The molecule has 1 aliphatic rings. The van der Waals surface area contributed by atoms with Crippen LogP contribution >= 0.6 is 34.4 Å². The topological polar surface area (TPSA) is 44.6 Å². The van der Waals surface area contributed by atoms with Crippen LogP contribution in [0.25, 0.3) is 0 Å². The molecule has 0 radical (unpaired) electrons. The predicted octanol–water partition coefficient (Wildman–Crippen LogP) is 3.03. The molecular weight excluding hydrogens is 347 g/mol. The number of aliphatic hydroxyl groups excluding tert-OH is 1. The predicted molar refractivity (Wildman–Crippen MR) is 85.2 cm³/mol. The third-order valence-corrected chi connectivity index (χ3v) is 3.83. The number of nitrogens with zero attached hydrogens (tertiary/aromatic N) is 1. The van der Waals surface area contributed by atoms with Gasteiger partial charge in [-0.25, -0.2) is 0 Å². The Morgan fingerprint density at radius 3 is 2.35 bits per heavy atom. The van der Waals surface area contributed by atoms with E-state index in [4.69, 9.17) is 5.11 Å². The number of benzene rings is 1. The third kappa shape index (κ3) is 4.15. The SMILES string of the molecule is CO.Cc1cc(I)cc(C)c1NC1=NCCS1. The molecule has 0 aromatic heterocycles. The number of halogens is 1. The Labute approximate surface area is 120 Å². The molecule has 0 saturated carbocycles. The number of hydrogen-bond donors (Lipinski definition) is 2. The maximum atomic E-state index is 7.00. The van der Waals surface area contributed by atoms with Crippen molar-refractivity contribution in [3.63, 3.8) is 0 Å². The molecule has 3 nitrogen and oxygen atoms in total. The molecule has 0 fully saturated rings. The van der Waals surface area contributed by atoms with Gasteiger partial charge in [0.2, 0.25) is 0 Å². The molecule has 1 heterocycles. The van der Waals surface area contributed by atoms with E-state index in [1.165, 1.54) is 20.4 Å². The first-order chi connectivity index (χ1) is 8.16. The molecule has 0 atom stereocenters. The van der Waals surface area contributed by atoms with Gasteiger partial charge < -0.3 is 10.4 Å². The van der Waals surface area contributed by atoms with E-state index in [-0.39, 0.29) is 0 Å². The summed E-state index contributed by atoms with van der Waals surface area (Å²) in [6.45, 7) is 5.21. The van der Waals surface area contributed by atoms with Crippen LogP contribution in [0.5, 0.6) is 0 Å². The molecule has 0 amide bonds. The smallest absolute Gasteiger partial charge is 0.161 e. The second-order valence-electron chi connectivity index (χ2n) is 3.57. The number of thioether (sulfide) groups is 1. The van der Waals surface area contributed by atoms with E-state index in [0.717, 1.165) is 24.6 Å². The second-order valence-corrected chi connectivity index (χ2v) is 5.90. The fourth-order valence-electron chi connectivity index (χ4n) is 1.63. The van der Waals surface area contributed by atoms with E-state index >= 15 is 0 Å². The van der Waals surface area contributed by atoms with E-state index in [1.54, 1.807) is 11.8 Å². The van der Waals surface area contributed by atoms with Gasteiger partial charge in [-0.2, -0.15) is 0 Å². The number of rotatable bonds is 1. The van der Waals surface area contributed by atoms with Crippen LogP contribution in [-0.4, -0.2) is 29.7 Å². The fourth-order valence-corrected chi connectivity index (χ4v) is 3.29. The van der Waals surface area contributed by atoms with Gasteiger partial charge in [0.1, 0.15) is 0 Å². The van der Waals surface area contributed by atoms with Crippen LogP contribution in [0.2, 0.25) is 0 Å². The van der Waals surface area contributed by atoms with E-state index in [2.05, 4.69) is 58.9 Å². The van der Waals surface area contributed by atoms with Crippen molar-refractivity contribution in [2.45, 2.75) is 13.8 Å². The first kappa shape index (κ1) is 14.8. The van der Waals surface area contributed by atoms with Crippen molar-refractivity contribution in [3.05, 3.63) is 26.8 Å². The maximum Gasteiger partial charge on any atom is 0.161 e. The lowest BCUT2D eigenvalue weighted by Crippen LogP contribution is -2.08. The Morgan fingerprint density at radius 1 is 1.29 bits per heavy atom. The van der Waals surface area contributed by atoms with Crippen LogP contribution in [0.3, 0.4) is 0 Å². The summed E-state index contributed by atoms with van der Waals surface area (Å²) in [6.07, 6.45) is 0. The summed E-state index contributed by atoms with van der Waals surface area (Å²) in [5.41, 5.74) is 3.78. The standard InChI is InChI=1S/C11H13IN2S.CH4O/c1-7-5-9(12)6-8(2)10(7)14-11-13-3-4-15-11;1-2/h5-6H,3-4H2,1-2H3,(H,13,14);2H,1H3. The number of aliphatic hydroxyl groups is 1. The van der Waals surface area contributed by atoms with Crippen molar-refractivity contribution in [2.24, 2.45) is 4.99 Å². The van der Waals surface area contributed by atoms with Gasteiger partial charge in [-0.05, 0) is 59.7 Å². The highest BCUT2D eigenvalue weighted by atomic mass is 127. The summed E-state index contributed by atoms with van der Waals surface area (Å²) in [4.78, 5) is 4.40. The minimum absolute atomic E-state index is 0.940. The average Bonchev–Trinajstić information content (AvgIpc) is 2.79. The largest absolute Gasteiger partial charge is 0.400 e. The van der Waals surface area contributed by atoms with E-state index in [1.807, 2.05) is 0 Å². The van der Waals surface area contributed by atoms with Crippen LogP contribution in [0.15, 0.2) is 17.1 Å². The van der Waals surface area contributed by atoms with Crippen LogP contribution in [0, 0.1) is 17.4 Å². The van der Waals surface area contributed by atoms with Gasteiger partial charge >= 0.3 is 0 Å². The quantitative estimate of drug-likeness (QED) is 0.753. The third-order valence-electron chi connectivity index (χ3n) is 2.31. The van der Waals surface area contributed by atoms with Crippen LogP contribution < -0.4 is 5.32 Å². The molecule has 0 saturated heterocycles. The molecule has 0 aliphatic carbocycles. The molecule has 17 heavy (non-hydrogen) atoms. The molecule has 2 rings (SSSR count). The number of aliphatic imine (C=N–C) groups is 1. The highest BCUT2D eigenvalue weighted by Gasteiger charge is 2.10. The highest BCUT2D eigenvalue weighted by molar-refractivity contribution is 14.1. The zero-order valence-corrected chi connectivity index (χ0v) is 13.2.